The molecular formula is C22H32N6O. The number of nitrogens with one attached hydrogen (secondary N) is 1. The number of rotatable bonds is 6. The number of nitrogens with zero attached hydrogens (tertiary/aromatic N) is 5. The van der Waals surface area contributed by atoms with E-state index in [4.69, 9.17) is 0 Å². The Morgan fingerprint density at radius 3 is 2.38 bits per heavy atom. The number of likely N-dealkylation sites (N-methyl/N-ethyl adjacent to an activating group) is 1. The van der Waals surface area contributed by atoms with E-state index in [1.807, 2.05) is 11.8 Å². The maximum absolute atomic E-state index is 12.9. The Hall–Kier alpha value is -2.67. The van der Waals surface area contributed by atoms with E-state index in [9.17, 15) is 4.79 Å². The molecule has 1 N–H and O–H groups in total. The van der Waals surface area contributed by atoms with Gasteiger partial charge in [-0.2, -0.15) is 0 Å². The number of benzene rings is 1. The van der Waals surface area contributed by atoms with Gasteiger partial charge in [-0.1, -0.05) is 0 Å². The van der Waals surface area contributed by atoms with Crippen molar-refractivity contribution in [3.63, 3.8) is 0 Å². The molecule has 0 bridgehead atoms. The van der Waals surface area contributed by atoms with E-state index in [0.29, 0.717) is 11.6 Å². The molecule has 0 radical (unpaired) electrons. The third-order valence-corrected chi connectivity index (χ3v) is 5.45. The van der Waals surface area contributed by atoms with E-state index in [1.54, 1.807) is 6.07 Å². The first kappa shape index (κ1) is 21.0. The van der Waals surface area contributed by atoms with Crippen LogP contribution >= 0.6 is 0 Å². The molecule has 0 atom stereocenters. The highest BCUT2D eigenvalue weighted by Gasteiger charge is 2.22. The van der Waals surface area contributed by atoms with Crippen molar-refractivity contribution in [2.75, 3.05) is 56.5 Å². The molecule has 1 amide bonds. The first-order chi connectivity index (χ1) is 13.9. The van der Waals surface area contributed by atoms with E-state index in [0.717, 1.165) is 56.2 Å². The Morgan fingerprint density at radius 1 is 1.07 bits per heavy atom. The third kappa shape index (κ3) is 5.03. The number of aryl methyl sites for hydroxylation is 2. The van der Waals surface area contributed by atoms with Crippen LogP contribution in [0.25, 0.3) is 0 Å². The van der Waals surface area contributed by atoms with Crippen molar-refractivity contribution in [2.24, 2.45) is 0 Å². The lowest BCUT2D eigenvalue weighted by atomic mass is 10.1. The standard InChI is InChI=1S/C22H32N6O/c1-6-27(7-2)18-8-9-19(16(3)14-18)24-22-23-17(4)15-20(25-22)21(29)28-12-10-26(5)11-13-28/h8-9,14-15H,6-7,10-13H2,1-5H3,(H,23,24,25). The molecule has 156 valence electrons. The van der Waals surface area contributed by atoms with Gasteiger partial charge in [0.2, 0.25) is 5.95 Å². The monoisotopic (exact) mass is 396 g/mol. The van der Waals surface area contributed by atoms with E-state index < -0.39 is 0 Å². The summed E-state index contributed by atoms with van der Waals surface area (Å²) < 4.78 is 0. The van der Waals surface area contributed by atoms with Crippen molar-refractivity contribution in [3.8, 4) is 0 Å². The highest BCUT2D eigenvalue weighted by molar-refractivity contribution is 5.92. The lowest BCUT2D eigenvalue weighted by Crippen LogP contribution is -2.47. The van der Waals surface area contributed by atoms with Crippen molar-refractivity contribution >= 4 is 23.2 Å². The van der Waals surface area contributed by atoms with Gasteiger partial charge in [0.25, 0.3) is 5.91 Å². The average Bonchev–Trinajstić information content (AvgIpc) is 2.70. The predicted octanol–water partition coefficient (Wildman–Crippen LogP) is 3.07. The molecule has 7 heteroatoms. The van der Waals surface area contributed by atoms with E-state index in [-0.39, 0.29) is 5.91 Å². The highest BCUT2D eigenvalue weighted by Crippen LogP contribution is 2.25. The number of hydrogen-bond donors (Lipinski definition) is 1. The lowest BCUT2D eigenvalue weighted by Gasteiger charge is -2.32. The molecule has 2 aromatic rings. The van der Waals surface area contributed by atoms with E-state index in [1.165, 1.54) is 5.69 Å². The zero-order valence-corrected chi connectivity index (χ0v) is 18.2. The van der Waals surface area contributed by atoms with E-state index >= 15 is 0 Å². The largest absolute Gasteiger partial charge is 0.372 e. The second-order valence-corrected chi connectivity index (χ2v) is 7.61. The maximum Gasteiger partial charge on any atom is 0.272 e. The van der Waals surface area contributed by atoms with Crippen LogP contribution in [0.15, 0.2) is 24.3 Å². The minimum absolute atomic E-state index is 0.0275. The molecule has 29 heavy (non-hydrogen) atoms. The van der Waals surface area contributed by atoms with Crippen LogP contribution in [0.2, 0.25) is 0 Å². The van der Waals surface area contributed by atoms with Crippen molar-refractivity contribution < 1.29 is 4.79 Å². The van der Waals surface area contributed by atoms with Gasteiger partial charge in [-0.3, -0.25) is 4.79 Å². The second kappa shape index (κ2) is 9.22. The fourth-order valence-corrected chi connectivity index (χ4v) is 3.60. The Labute approximate surface area is 173 Å². The zero-order chi connectivity index (χ0) is 21.0. The fourth-order valence-electron chi connectivity index (χ4n) is 3.60. The smallest absolute Gasteiger partial charge is 0.272 e. The molecular weight excluding hydrogens is 364 g/mol. The Kier molecular flexibility index (Phi) is 6.69. The second-order valence-electron chi connectivity index (χ2n) is 7.61. The summed E-state index contributed by atoms with van der Waals surface area (Å²) >= 11 is 0. The molecule has 1 aliphatic heterocycles. The van der Waals surface area contributed by atoms with Gasteiger partial charge in [0.1, 0.15) is 5.69 Å². The van der Waals surface area contributed by atoms with Crippen molar-refractivity contribution in [3.05, 3.63) is 41.2 Å². The summed E-state index contributed by atoms with van der Waals surface area (Å²) in [5, 5.41) is 3.30. The number of piperazine rings is 1. The van der Waals surface area contributed by atoms with Gasteiger partial charge in [-0.05, 0) is 64.6 Å². The zero-order valence-electron chi connectivity index (χ0n) is 18.2. The van der Waals surface area contributed by atoms with Gasteiger partial charge in [-0.15, -0.1) is 0 Å². The fraction of sp³-hybridized carbons (Fsp3) is 0.500. The van der Waals surface area contributed by atoms with Crippen LogP contribution in [0.4, 0.5) is 17.3 Å². The summed E-state index contributed by atoms with van der Waals surface area (Å²) in [5.74, 6) is 0.432. The molecule has 1 aromatic heterocycles. The number of aromatic nitrogens is 2. The Bertz CT molecular complexity index is 856. The predicted molar refractivity (Wildman–Crippen MR) is 118 cm³/mol. The molecule has 2 heterocycles. The molecule has 1 aromatic carbocycles. The van der Waals surface area contributed by atoms with Crippen LogP contribution in [0.1, 0.15) is 35.6 Å². The molecule has 1 saturated heterocycles. The molecule has 1 fully saturated rings. The summed E-state index contributed by atoms with van der Waals surface area (Å²) in [7, 11) is 2.08. The first-order valence-electron chi connectivity index (χ1n) is 10.4. The molecule has 0 saturated carbocycles. The van der Waals surface area contributed by atoms with Gasteiger partial charge in [0.15, 0.2) is 0 Å². The molecule has 1 aliphatic rings. The third-order valence-electron chi connectivity index (χ3n) is 5.45. The van der Waals surface area contributed by atoms with Gasteiger partial charge in [-0.25, -0.2) is 9.97 Å². The summed E-state index contributed by atoms with van der Waals surface area (Å²) in [5.41, 5.74) is 4.49. The van der Waals surface area contributed by atoms with Crippen molar-refractivity contribution in [2.45, 2.75) is 27.7 Å². The molecule has 0 spiro atoms. The van der Waals surface area contributed by atoms with Crippen molar-refractivity contribution in [1.29, 1.82) is 0 Å². The van der Waals surface area contributed by atoms with Gasteiger partial charge < -0.3 is 20.0 Å². The highest BCUT2D eigenvalue weighted by atomic mass is 16.2. The van der Waals surface area contributed by atoms with Gasteiger partial charge in [0.05, 0.1) is 0 Å². The van der Waals surface area contributed by atoms with Crippen LogP contribution in [0.5, 0.6) is 0 Å². The van der Waals surface area contributed by atoms with Crippen LogP contribution < -0.4 is 10.2 Å². The molecule has 7 nitrogen and oxygen atoms in total. The maximum atomic E-state index is 12.9. The SMILES string of the molecule is CCN(CC)c1ccc(Nc2nc(C)cc(C(=O)N3CCN(C)CC3)n2)c(C)c1. The van der Waals surface area contributed by atoms with Gasteiger partial charge >= 0.3 is 0 Å². The van der Waals surface area contributed by atoms with Crippen LogP contribution in [0, 0.1) is 13.8 Å². The Balaban J connectivity index is 1.79. The van der Waals surface area contributed by atoms with E-state index in [2.05, 4.69) is 71.1 Å². The van der Waals surface area contributed by atoms with Crippen LogP contribution in [-0.4, -0.2) is 72.0 Å². The molecule has 3 rings (SSSR count). The van der Waals surface area contributed by atoms with Crippen LogP contribution in [-0.2, 0) is 0 Å². The van der Waals surface area contributed by atoms with Crippen molar-refractivity contribution in [1.82, 2.24) is 19.8 Å². The molecule has 0 aliphatic carbocycles. The summed E-state index contributed by atoms with van der Waals surface area (Å²) in [6.45, 7) is 13.5. The number of carbonyl (C=O) groups excluding carboxylic acids is 1. The number of carbonyl (C=O) groups is 1. The quantitative estimate of drug-likeness (QED) is 0.810. The number of anilines is 3. The minimum atomic E-state index is -0.0275. The minimum Gasteiger partial charge on any atom is -0.372 e. The topological polar surface area (TPSA) is 64.6 Å². The summed E-state index contributed by atoms with van der Waals surface area (Å²) in [6.07, 6.45) is 0. The van der Waals surface area contributed by atoms with Crippen LogP contribution in [0.3, 0.4) is 0 Å². The molecule has 0 unspecified atom stereocenters. The van der Waals surface area contributed by atoms with Gasteiger partial charge in [0, 0.05) is 56.3 Å². The first-order valence-corrected chi connectivity index (χ1v) is 10.4. The summed E-state index contributed by atoms with van der Waals surface area (Å²) in [6, 6.07) is 8.09. The average molecular weight is 397 g/mol. The normalized spacial score (nSPS) is 14.7. The Morgan fingerprint density at radius 2 is 1.76 bits per heavy atom. The number of hydrogen-bond acceptors (Lipinski definition) is 6. The number of amides is 1. The lowest BCUT2D eigenvalue weighted by molar-refractivity contribution is 0.0658. The summed E-state index contributed by atoms with van der Waals surface area (Å²) in [4.78, 5) is 28.3.